The highest BCUT2D eigenvalue weighted by atomic mass is 19.1. The Morgan fingerprint density at radius 3 is 2.93 bits per heavy atom. The number of aromatic nitrogens is 3. The number of aromatic amines is 1. The summed E-state index contributed by atoms with van der Waals surface area (Å²) in [6.45, 7) is 1.74. The first-order chi connectivity index (χ1) is 14.0. The summed E-state index contributed by atoms with van der Waals surface area (Å²) < 4.78 is 14.3. The average Bonchev–Trinajstić information content (AvgIpc) is 3.34. The predicted octanol–water partition coefficient (Wildman–Crippen LogP) is 2.53. The third-order valence-corrected chi connectivity index (χ3v) is 5.57. The van der Waals surface area contributed by atoms with E-state index in [0.29, 0.717) is 17.6 Å². The van der Waals surface area contributed by atoms with Gasteiger partial charge in [-0.1, -0.05) is 12.1 Å². The zero-order valence-electron chi connectivity index (χ0n) is 16.7. The van der Waals surface area contributed by atoms with Crippen LogP contribution in [0.25, 0.3) is 22.2 Å². The fourth-order valence-corrected chi connectivity index (χ4v) is 3.91. The maximum Gasteiger partial charge on any atom is 0.222 e. The van der Waals surface area contributed by atoms with Crippen LogP contribution < -0.4 is 10.6 Å². The molecule has 1 aromatic carbocycles. The Bertz CT molecular complexity index is 1050. The molecule has 1 fully saturated rings. The van der Waals surface area contributed by atoms with E-state index in [0.717, 1.165) is 41.8 Å². The molecule has 1 atom stereocenters. The summed E-state index contributed by atoms with van der Waals surface area (Å²) in [6.07, 6.45) is 3.16. The number of H-pyrrole nitrogens is 1. The van der Waals surface area contributed by atoms with Crippen molar-refractivity contribution in [2.24, 2.45) is 11.7 Å². The zero-order chi connectivity index (χ0) is 20.5. The second kappa shape index (κ2) is 7.79. The Morgan fingerprint density at radius 2 is 2.21 bits per heavy atom. The molecule has 3 N–H and O–H groups in total. The molecule has 152 valence electrons. The molecule has 8 heteroatoms. The normalized spacial score (nSPS) is 16.6. The van der Waals surface area contributed by atoms with E-state index < -0.39 is 0 Å². The molecule has 4 rings (SSSR count). The van der Waals surface area contributed by atoms with E-state index in [1.807, 2.05) is 12.1 Å². The summed E-state index contributed by atoms with van der Waals surface area (Å²) >= 11 is 0. The highest BCUT2D eigenvalue weighted by molar-refractivity contribution is 6.00. The van der Waals surface area contributed by atoms with Gasteiger partial charge in [-0.05, 0) is 35.6 Å². The summed E-state index contributed by atoms with van der Waals surface area (Å²) in [5.41, 5.74) is 8.36. The number of benzene rings is 1. The molecular weight excluding hydrogens is 371 g/mol. The van der Waals surface area contributed by atoms with Crippen LogP contribution in [-0.2, 0) is 11.3 Å². The number of rotatable bonds is 5. The lowest BCUT2D eigenvalue weighted by molar-refractivity contribution is -0.129. The fourth-order valence-electron chi connectivity index (χ4n) is 3.91. The van der Waals surface area contributed by atoms with Crippen LogP contribution in [0.3, 0.4) is 0 Å². The number of hydrogen-bond donors (Lipinski definition) is 2. The molecular formula is C21H25FN6O. The zero-order valence-corrected chi connectivity index (χ0v) is 16.7. The molecule has 0 radical (unpaired) electrons. The number of halogens is 1. The van der Waals surface area contributed by atoms with Crippen molar-refractivity contribution in [3.8, 4) is 11.1 Å². The molecule has 1 aliphatic rings. The van der Waals surface area contributed by atoms with Gasteiger partial charge in [0.25, 0.3) is 0 Å². The van der Waals surface area contributed by atoms with Gasteiger partial charge in [0.2, 0.25) is 5.91 Å². The Balaban J connectivity index is 1.67. The molecule has 0 aliphatic carbocycles. The maximum atomic E-state index is 14.3. The largest absolute Gasteiger partial charge is 0.354 e. The third-order valence-electron chi connectivity index (χ3n) is 5.57. The number of carbonyl (C=O) groups excluding carboxylic acids is 1. The number of fused-ring (bicyclic) bond motifs is 1. The first-order valence-electron chi connectivity index (χ1n) is 9.75. The van der Waals surface area contributed by atoms with Crippen molar-refractivity contribution in [1.82, 2.24) is 20.1 Å². The van der Waals surface area contributed by atoms with Gasteiger partial charge in [0.15, 0.2) is 11.5 Å². The standard InChI is InChI=1S/C21H25FN6O/c1-27(2)18(29)9-13-6-8-28(12-13)21-19-16(5-7-24-20(19)25-26-21)14-3-4-15(11-23)17(22)10-14/h3-5,7,10,13H,6,8-9,11-12,23H2,1-2H3,(H,24,25,26)/t13-/m0/s1. The molecule has 1 aliphatic heterocycles. The second-order valence-corrected chi connectivity index (χ2v) is 7.73. The quantitative estimate of drug-likeness (QED) is 0.692. The lowest BCUT2D eigenvalue weighted by Gasteiger charge is -2.18. The molecule has 0 unspecified atom stereocenters. The molecule has 1 saturated heterocycles. The van der Waals surface area contributed by atoms with Crippen LogP contribution in [0.2, 0.25) is 0 Å². The minimum Gasteiger partial charge on any atom is -0.354 e. The van der Waals surface area contributed by atoms with Crippen molar-refractivity contribution >= 4 is 22.8 Å². The number of pyridine rings is 1. The molecule has 2 aromatic heterocycles. The number of nitrogens with zero attached hydrogens (tertiary/aromatic N) is 4. The van der Waals surface area contributed by atoms with E-state index in [1.54, 1.807) is 31.3 Å². The van der Waals surface area contributed by atoms with Gasteiger partial charge in [-0.25, -0.2) is 9.37 Å². The van der Waals surface area contributed by atoms with Gasteiger partial charge in [0.05, 0.1) is 5.39 Å². The molecule has 0 saturated carbocycles. The smallest absolute Gasteiger partial charge is 0.222 e. The van der Waals surface area contributed by atoms with Crippen LogP contribution >= 0.6 is 0 Å². The predicted molar refractivity (Wildman–Crippen MR) is 111 cm³/mol. The highest BCUT2D eigenvalue weighted by Crippen LogP contribution is 2.36. The van der Waals surface area contributed by atoms with Crippen molar-refractivity contribution in [3.05, 3.63) is 41.8 Å². The summed E-state index contributed by atoms with van der Waals surface area (Å²) in [5, 5.41) is 8.36. The number of anilines is 1. The molecule has 0 spiro atoms. The number of amides is 1. The minimum absolute atomic E-state index is 0.140. The van der Waals surface area contributed by atoms with Gasteiger partial charge in [0, 0.05) is 51.9 Å². The van der Waals surface area contributed by atoms with Crippen molar-refractivity contribution in [2.45, 2.75) is 19.4 Å². The Kier molecular flexibility index (Phi) is 5.19. The van der Waals surface area contributed by atoms with E-state index >= 15 is 0 Å². The maximum absolute atomic E-state index is 14.3. The number of nitrogens with two attached hydrogens (primary N) is 1. The van der Waals surface area contributed by atoms with Crippen LogP contribution in [0, 0.1) is 11.7 Å². The van der Waals surface area contributed by atoms with Gasteiger partial charge < -0.3 is 15.5 Å². The molecule has 3 aromatic rings. The van der Waals surface area contributed by atoms with Crippen molar-refractivity contribution in [3.63, 3.8) is 0 Å². The summed E-state index contributed by atoms with van der Waals surface area (Å²) in [4.78, 5) is 20.3. The van der Waals surface area contributed by atoms with Crippen LogP contribution in [0.5, 0.6) is 0 Å². The van der Waals surface area contributed by atoms with E-state index in [-0.39, 0.29) is 24.2 Å². The van der Waals surface area contributed by atoms with E-state index in [9.17, 15) is 9.18 Å². The lowest BCUT2D eigenvalue weighted by atomic mass is 10.0. The van der Waals surface area contributed by atoms with E-state index in [1.165, 1.54) is 6.07 Å². The summed E-state index contributed by atoms with van der Waals surface area (Å²) in [5.74, 6) is 0.911. The summed E-state index contributed by atoms with van der Waals surface area (Å²) in [7, 11) is 3.56. The highest BCUT2D eigenvalue weighted by Gasteiger charge is 2.28. The van der Waals surface area contributed by atoms with E-state index in [2.05, 4.69) is 20.1 Å². The first-order valence-corrected chi connectivity index (χ1v) is 9.75. The summed E-state index contributed by atoms with van der Waals surface area (Å²) in [6, 6.07) is 6.98. The Hall–Kier alpha value is -3.00. The van der Waals surface area contributed by atoms with Crippen molar-refractivity contribution in [2.75, 3.05) is 32.1 Å². The van der Waals surface area contributed by atoms with Gasteiger partial charge >= 0.3 is 0 Å². The van der Waals surface area contributed by atoms with Crippen LogP contribution in [0.4, 0.5) is 10.2 Å². The molecule has 0 bridgehead atoms. The minimum atomic E-state index is -0.316. The SMILES string of the molecule is CN(C)C(=O)C[C@@H]1CCN(c2n[nH]c3nccc(-c4ccc(CN)c(F)c4)c23)C1. The van der Waals surface area contributed by atoms with E-state index in [4.69, 9.17) is 5.73 Å². The average molecular weight is 396 g/mol. The number of hydrogen-bond acceptors (Lipinski definition) is 5. The lowest BCUT2D eigenvalue weighted by Crippen LogP contribution is -2.26. The van der Waals surface area contributed by atoms with Crippen molar-refractivity contribution < 1.29 is 9.18 Å². The third kappa shape index (κ3) is 3.67. The van der Waals surface area contributed by atoms with Gasteiger partial charge in [0.1, 0.15) is 5.82 Å². The van der Waals surface area contributed by atoms with Crippen LogP contribution in [-0.4, -0.2) is 53.2 Å². The van der Waals surface area contributed by atoms with Gasteiger partial charge in [-0.2, -0.15) is 5.10 Å². The Labute approximate surface area is 168 Å². The number of carbonyl (C=O) groups is 1. The fraction of sp³-hybridized carbons (Fsp3) is 0.381. The van der Waals surface area contributed by atoms with Gasteiger partial charge in [-0.3, -0.25) is 9.89 Å². The molecule has 29 heavy (non-hydrogen) atoms. The molecule has 1 amide bonds. The second-order valence-electron chi connectivity index (χ2n) is 7.73. The molecule has 3 heterocycles. The van der Waals surface area contributed by atoms with Crippen LogP contribution in [0.1, 0.15) is 18.4 Å². The van der Waals surface area contributed by atoms with Crippen molar-refractivity contribution in [1.29, 1.82) is 0 Å². The first kappa shape index (κ1) is 19.3. The molecule has 7 nitrogen and oxygen atoms in total. The monoisotopic (exact) mass is 396 g/mol. The van der Waals surface area contributed by atoms with Crippen LogP contribution in [0.15, 0.2) is 30.5 Å². The number of nitrogens with one attached hydrogen (secondary N) is 1. The topological polar surface area (TPSA) is 91.1 Å². The van der Waals surface area contributed by atoms with Gasteiger partial charge in [-0.15, -0.1) is 0 Å². The Morgan fingerprint density at radius 1 is 1.38 bits per heavy atom.